The van der Waals surface area contributed by atoms with Gasteiger partial charge in [0.15, 0.2) is 11.5 Å². The van der Waals surface area contributed by atoms with Crippen LogP contribution in [0.15, 0.2) is 18.3 Å². The smallest absolute Gasteiger partial charge is 0.156 e. The molecule has 2 aromatic heterocycles. The summed E-state index contributed by atoms with van der Waals surface area (Å²) in [7, 11) is 2.11. The molecule has 17 heavy (non-hydrogen) atoms. The van der Waals surface area contributed by atoms with Crippen LogP contribution in [0.5, 0.6) is 0 Å². The third kappa shape index (κ3) is 1.82. The van der Waals surface area contributed by atoms with Gasteiger partial charge in [0.2, 0.25) is 0 Å². The summed E-state index contributed by atoms with van der Waals surface area (Å²) >= 11 is 0. The van der Waals surface area contributed by atoms with E-state index in [0.29, 0.717) is 11.5 Å². The number of hydrogen-bond acceptors (Lipinski definition) is 4. The van der Waals surface area contributed by atoms with Crippen molar-refractivity contribution in [3.63, 3.8) is 0 Å². The number of rotatable bonds is 2. The van der Waals surface area contributed by atoms with Gasteiger partial charge in [-0.05, 0) is 32.1 Å². The molecule has 0 N–H and O–H groups in total. The van der Waals surface area contributed by atoms with Crippen molar-refractivity contribution in [1.82, 2.24) is 19.5 Å². The van der Waals surface area contributed by atoms with Gasteiger partial charge < -0.3 is 4.90 Å². The molecule has 5 heteroatoms. The van der Waals surface area contributed by atoms with Gasteiger partial charge in [0, 0.05) is 24.2 Å². The molecule has 1 aliphatic heterocycles. The Morgan fingerprint density at radius 1 is 1.53 bits per heavy atom. The average molecular weight is 230 g/mol. The number of fused-ring (bicyclic) bond motifs is 1. The van der Waals surface area contributed by atoms with Crippen molar-refractivity contribution >= 4 is 11.9 Å². The van der Waals surface area contributed by atoms with Gasteiger partial charge in [-0.2, -0.15) is 5.10 Å². The van der Waals surface area contributed by atoms with Crippen molar-refractivity contribution in [1.29, 1.82) is 0 Å². The SMILES string of the molecule is CN1CCC(c2nc3cc(C=O)ccn3n2)C1. The van der Waals surface area contributed by atoms with Crippen molar-refractivity contribution < 1.29 is 4.79 Å². The Bertz CT molecular complexity index is 563. The maximum atomic E-state index is 10.7. The number of likely N-dealkylation sites (N-methyl/N-ethyl adjacent to an activating group) is 1. The first kappa shape index (κ1) is 10.4. The Kier molecular flexibility index (Phi) is 2.40. The second-order valence-corrected chi connectivity index (χ2v) is 4.60. The highest BCUT2D eigenvalue weighted by Crippen LogP contribution is 2.23. The molecule has 1 unspecified atom stereocenters. The number of pyridine rings is 1. The summed E-state index contributed by atoms with van der Waals surface area (Å²) in [5.41, 5.74) is 1.39. The van der Waals surface area contributed by atoms with Crippen LogP contribution in [0, 0.1) is 0 Å². The second-order valence-electron chi connectivity index (χ2n) is 4.60. The fourth-order valence-electron chi connectivity index (χ4n) is 2.31. The lowest BCUT2D eigenvalue weighted by Gasteiger charge is -2.05. The lowest BCUT2D eigenvalue weighted by Crippen LogP contribution is -2.13. The predicted molar refractivity (Wildman–Crippen MR) is 63.2 cm³/mol. The molecule has 0 saturated carbocycles. The molecular weight excluding hydrogens is 216 g/mol. The molecule has 0 amide bonds. The third-order valence-corrected chi connectivity index (χ3v) is 3.27. The number of hydrogen-bond donors (Lipinski definition) is 0. The van der Waals surface area contributed by atoms with Gasteiger partial charge in [0.05, 0.1) is 0 Å². The lowest BCUT2D eigenvalue weighted by molar-refractivity contribution is 0.112. The van der Waals surface area contributed by atoms with Crippen molar-refractivity contribution in [2.24, 2.45) is 0 Å². The summed E-state index contributed by atoms with van der Waals surface area (Å²) < 4.78 is 1.74. The van der Waals surface area contributed by atoms with E-state index in [0.717, 1.165) is 37.3 Å². The van der Waals surface area contributed by atoms with Crippen molar-refractivity contribution in [3.8, 4) is 0 Å². The summed E-state index contributed by atoms with van der Waals surface area (Å²) in [6.07, 6.45) is 3.72. The van der Waals surface area contributed by atoms with Crippen LogP contribution >= 0.6 is 0 Å². The number of likely N-dealkylation sites (tertiary alicyclic amines) is 1. The zero-order chi connectivity index (χ0) is 11.8. The number of aldehydes is 1. The van der Waals surface area contributed by atoms with E-state index in [1.807, 2.05) is 0 Å². The molecule has 1 saturated heterocycles. The molecule has 3 rings (SSSR count). The topological polar surface area (TPSA) is 50.5 Å². The third-order valence-electron chi connectivity index (χ3n) is 3.27. The molecular formula is C12H14N4O. The minimum atomic E-state index is 0.416. The Balaban J connectivity index is 1.98. The molecule has 0 radical (unpaired) electrons. The lowest BCUT2D eigenvalue weighted by atomic mass is 10.1. The van der Waals surface area contributed by atoms with Gasteiger partial charge in [-0.1, -0.05) is 0 Å². The Labute approximate surface area is 99.1 Å². The largest absolute Gasteiger partial charge is 0.306 e. The minimum Gasteiger partial charge on any atom is -0.306 e. The van der Waals surface area contributed by atoms with E-state index in [4.69, 9.17) is 0 Å². The fraction of sp³-hybridized carbons (Fsp3) is 0.417. The van der Waals surface area contributed by atoms with E-state index in [-0.39, 0.29) is 0 Å². The number of nitrogens with zero attached hydrogens (tertiary/aromatic N) is 4. The summed E-state index contributed by atoms with van der Waals surface area (Å²) in [5, 5.41) is 4.47. The highest BCUT2D eigenvalue weighted by molar-refractivity contribution is 5.76. The van der Waals surface area contributed by atoms with E-state index in [1.54, 1.807) is 22.8 Å². The van der Waals surface area contributed by atoms with Crippen LogP contribution in [-0.2, 0) is 0 Å². The quantitative estimate of drug-likeness (QED) is 0.721. The Morgan fingerprint density at radius 2 is 2.41 bits per heavy atom. The maximum absolute atomic E-state index is 10.7. The van der Waals surface area contributed by atoms with E-state index in [1.165, 1.54) is 0 Å². The molecule has 1 aliphatic rings. The van der Waals surface area contributed by atoms with Crippen LogP contribution < -0.4 is 0 Å². The van der Waals surface area contributed by atoms with Crippen LogP contribution in [0.25, 0.3) is 5.65 Å². The van der Waals surface area contributed by atoms with Crippen LogP contribution in [0.3, 0.4) is 0 Å². The average Bonchev–Trinajstić information content (AvgIpc) is 2.93. The first-order valence-corrected chi connectivity index (χ1v) is 5.76. The molecule has 1 atom stereocenters. The highest BCUT2D eigenvalue weighted by atomic mass is 16.1. The zero-order valence-electron chi connectivity index (χ0n) is 9.71. The fourth-order valence-corrected chi connectivity index (χ4v) is 2.31. The molecule has 0 spiro atoms. The van der Waals surface area contributed by atoms with Gasteiger partial charge >= 0.3 is 0 Å². The Morgan fingerprint density at radius 3 is 3.12 bits per heavy atom. The zero-order valence-corrected chi connectivity index (χ0v) is 9.71. The molecule has 5 nitrogen and oxygen atoms in total. The van der Waals surface area contributed by atoms with Crippen molar-refractivity contribution in [2.45, 2.75) is 12.3 Å². The van der Waals surface area contributed by atoms with Gasteiger partial charge in [0.25, 0.3) is 0 Å². The molecule has 0 aliphatic carbocycles. The second kappa shape index (κ2) is 3.92. The molecule has 3 heterocycles. The van der Waals surface area contributed by atoms with Gasteiger partial charge in [-0.15, -0.1) is 0 Å². The van der Waals surface area contributed by atoms with Gasteiger partial charge in [-0.3, -0.25) is 4.79 Å². The molecule has 2 aromatic rings. The Hall–Kier alpha value is -1.75. The molecule has 0 bridgehead atoms. The van der Waals surface area contributed by atoms with E-state index in [9.17, 15) is 4.79 Å². The number of aromatic nitrogens is 3. The molecule has 88 valence electrons. The standard InChI is InChI=1S/C12H14N4O/c1-15-4-3-10(7-15)12-13-11-6-9(8-17)2-5-16(11)14-12/h2,5-6,8,10H,3-4,7H2,1H3. The van der Waals surface area contributed by atoms with E-state index < -0.39 is 0 Å². The summed E-state index contributed by atoms with van der Waals surface area (Å²) in [6, 6.07) is 3.52. The number of carbonyl (C=O) groups is 1. The predicted octanol–water partition coefficient (Wildman–Crippen LogP) is 0.961. The van der Waals surface area contributed by atoms with E-state index >= 15 is 0 Å². The number of carbonyl (C=O) groups excluding carboxylic acids is 1. The van der Waals surface area contributed by atoms with Gasteiger partial charge in [0.1, 0.15) is 6.29 Å². The van der Waals surface area contributed by atoms with Crippen LogP contribution in [0.4, 0.5) is 0 Å². The van der Waals surface area contributed by atoms with Crippen LogP contribution in [-0.4, -0.2) is 45.9 Å². The molecule has 0 aromatic carbocycles. The normalized spacial score (nSPS) is 21.1. The van der Waals surface area contributed by atoms with Gasteiger partial charge in [-0.25, -0.2) is 9.50 Å². The van der Waals surface area contributed by atoms with Crippen molar-refractivity contribution in [2.75, 3.05) is 20.1 Å². The summed E-state index contributed by atoms with van der Waals surface area (Å²) in [5.74, 6) is 1.30. The molecule has 1 fully saturated rings. The monoisotopic (exact) mass is 230 g/mol. The van der Waals surface area contributed by atoms with E-state index in [2.05, 4.69) is 22.0 Å². The highest BCUT2D eigenvalue weighted by Gasteiger charge is 2.24. The maximum Gasteiger partial charge on any atom is 0.156 e. The van der Waals surface area contributed by atoms with Crippen LogP contribution in [0.2, 0.25) is 0 Å². The summed E-state index contributed by atoms with van der Waals surface area (Å²) in [6.45, 7) is 2.11. The summed E-state index contributed by atoms with van der Waals surface area (Å²) in [4.78, 5) is 17.5. The first-order valence-electron chi connectivity index (χ1n) is 5.76. The van der Waals surface area contributed by atoms with Crippen molar-refractivity contribution in [3.05, 3.63) is 29.7 Å². The minimum absolute atomic E-state index is 0.416. The first-order chi connectivity index (χ1) is 8.26. The van der Waals surface area contributed by atoms with Crippen LogP contribution in [0.1, 0.15) is 28.5 Å².